The van der Waals surface area contributed by atoms with Gasteiger partial charge in [-0.05, 0) is 38.0 Å². The van der Waals surface area contributed by atoms with Gasteiger partial charge in [0.05, 0.1) is 0 Å². The molecule has 1 nitrogen and oxygen atoms in total. The third-order valence-electron chi connectivity index (χ3n) is 3.25. The van der Waals surface area contributed by atoms with Crippen molar-refractivity contribution in [2.75, 3.05) is 0 Å². The lowest BCUT2D eigenvalue weighted by Gasteiger charge is -2.30. The minimum Gasteiger partial charge on any atom is -0.327 e. The zero-order chi connectivity index (χ0) is 9.84. The molecule has 1 saturated carbocycles. The summed E-state index contributed by atoms with van der Waals surface area (Å²) in [5.41, 5.74) is 7.36. The van der Waals surface area contributed by atoms with Crippen LogP contribution in [0.25, 0.3) is 0 Å². The third kappa shape index (κ3) is 3.51. The Kier molecular flexibility index (Phi) is 3.98. The molecule has 13 heavy (non-hydrogen) atoms. The van der Waals surface area contributed by atoms with Gasteiger partial charge in [-0.1, -0.05) is 25.3 Å². The lowest BCUT2D eigenvalue weighted by molar-refractivity contribution is 0.253. The maximum atomic E-state index is 6.13. The molecule has 0 aliphatic heterocycles. The molecule has 2 N–H and O–H groups in total. The molecule has 0 bridgehead atoms. The van der Waals surface area contributed by atoms with Gasteiger partial charge in [-0.15, -0.1) is 6.58 Å². The highest BCUT2D eigenvalue weighted by molar-refractivity contribution is 4.94. The van der Waals surface area contributed by atoms with Gasteiger partial charge in [0, 0.05) is 6.04 Å². The summed E-state index contributed by atoms with van der Waals surface area (Å²) in [4.78, 5) is 0. The van der Waals surface area contributed by atoms with Crippen molar-refractivity contribution in [1.29, 1.82) is 0 Å². The molecule has 1 unspecified atom stereocenters. The van der Waals surface area contributed by atoms with Gasteiger partial charge >= 0.3 is 0 Å². The average Bonchev–Trinajstić information content (AvgIpc) is 2.04. The summed E-state index contributed by atoms with van der Waals surface area (Å²) in [6.45, 7) is 8.35. The van der Waals surface area contributed by atoms with Crippen molar-refractivity contribution in [2.45, 2.75) is 52.0 Å². The van der Waals surface area contributed by atoms with E-state index in [2.05, 4.69) is 20.4 Å². The zero-order valence-corrected chi connectivity index (χ0v) is 9.05. The monoisotopic (exact) mass is 181 g/mol. The van der Waals surface area contributed by atoms with Crippen LogP contribution in [0.4, 0.5) is 0 Å². The SMILES string of the molecule is C=C(C)CC(N)C1CCC(C)CC1. The molecule has 0 aromatic rings. The predicted molar refractivity (Wildman–Crippen MR) is 58.5 cm³/mol. The molecule has 0 spiro atoms. The Hall–Kier alpha value is -0.300. The normalized spacial score (nSPS) is 31.3. The molecule has 0 aromatic heterocycles. The smallest absolute Gasteiger partial charge is 0.0104 e. The minimum absolute atomic E-state index is 0.366. The first-order valence-corrected chi connectivity index (χ1v) is 5.49. The number of nitrogens with two attached hydrogens (primary N) is 1. The fraction of sp³-hybridized carbons (Fsp3) is 0.833. The van der Waals surface area contributed by atoms with E-state index in [1.165, 1.54) is 31.3 Å². The Bertz CT molecular complexity index is 166. The molecule has 0 radical (unpaired) electrons. The third-order valence-corrected chi connectivity index (χ3v) is 3.25. The van der Waals surface area contributed by atoms with Crippen LogP contribution in [0.1, 0.15) is 46.0 Å². The lowest BCUT2D eigenvalue weighted by atomic mass is 9.78. The molecule has 0 aromatic carbocycles. The van der Waals surface area contributed by atoms with Crippen molar-refractivity contribution >= 4 is 0 Å². The van der Waals surface area contributed by atoms with Crippen LogP contribution in [0, 0.1) is 11.8 Å². The van der Waals surface area contributed by atoms with Crippen LogP contribution in [0.3, 0.4) is 0 Å². The molecular formula is C12H23N. The molecule has 76 valence electrons. The van der Waals surface area contributed by atoms with Gasteiger partial charge in [0.1, 0.15) is 0 Å². The molecule has 1 fully saturated rings. The summed E-state index contributed by atoms with van der Waals surface area (Å²) >= 11 is 0. The van der Waals surface area contributed by atoms with Gasteiger partial charge in [-0.3, -0.25) is 0 Å². The van der Waals surface area contributed by atoms with Crippen molar-refractivity contribution in [2.24, 2.45) is 17.6 Å². The molecule has 1 rings (SSSR count). The lowest BCUT2D eigenvalue weighted by Crippen LogP contribution is -2.32. The highest BCUT2D eigenvalue weighted by atomic mass is 14.6. The molecule has 0 heterocycles. The second-order valence-electron chi connectivity index (χ2n) is 4.85. The summed E-state index contributed by atoms with van der Waals surface area (Å²) in [5.74, 6) is 1.68. The number of hydrogen-bond donors (Lipinski definition) is 1. The van der Waals surface area contributed by atoms with E-state index in [4.69, 9.17) is 5.73 Å². The van der Waals surface area contributed by atoms with Gasteiger partial charge in [0.15, 0.2) is 0 Å². The van der Waals surface area contributed by atoms with E-state index in [1.807, 2.05) is 0 Å². The van der Waals surface area contributed by atoms with E-state index in [0.717, 1.165) is 18.3 Å². The van der Waals surface area contributed by atoms with E-state index in [1.54, 1.807) is 0 Å². The first-order chi connectivity index (χ1) is 6.09. The second kappa shape index (κ2) is 4.80. The Morgan fingerprint density at radius 1 is 1.38 bits per heavy atom. The van der Waals surface area contributed by atoms with E-state index in [-0.39, 0.29) is 0 Å². The van der Waals surface area contributed by atoms with Crippen molar-refractivity contribution in [3.63, 3.8) is 0 Å². The predicted octanol–water partition coefficient (Wildman–Crippen LogP) is 3.11. The minimum atomic E-state index is 0.366. The highest BCUT2D eigenvalue weighted by Crippen LogP contribution is 2.31. The topological polar surface area (TPSA) is 26.0 Å². The van der Waals surface area contributed by atoms with Gasteiger partial charge in [-0.2, -0.15) is 0 Å². The van der Waals surface area contributed by atoms with Crippen LogP contribution in [-0.2, 0) is 0 Å². The standard InChI is InChI=1S/C12H23N/c1-9(2)8-12(13)11-6-4-10(3)5-7-11/h10-12H,1,4-8,13H2,2-3H3. The summed E-state index contributed by atoms with van der Waals surface area (Å²) in [6.07, 6.45) is 6.41. The summed E-state index contributed by atoms with van der Waals surface area (Å²) in [7, 11) is 0. The average molecular weight is 181 g/mol. The van der Waals surface area contributed by atoms with Crippen LogP contribution < -0.4 is 5.73 Å². The Morgan fingerprint density at radius 2 is 1.92 bits per heavy atom. The second-order valence-corrected chi connectivity index (χ2v) is 4.85. The van der Waals surface area contributed by atoms with Crippen molar-refractivity contribution in [3.05, 3.63) is 12.2 Å². The Labute approximate surface area is 82.4 Å². The van der Waals surface area contributed by atoms with E-state index in [9.17, 15) is 0 Å². The zero-order valence-electron chi connectivity index (χ0n) is 9.05. The molecule has 1 aliphatic rings. The van der Waals surface area contributed by atoms with Crippen molar-refractivity contribution in [3.8, 4) is 0 Å². The van der Waals surface area contributed by atoms with Crippen molar-refractivity contribution < 1.29 is 0 Å². The molecular weight excluding hydrogens is 158 g/mol. The summed E-state index contributed by atoms with van der Waals surface area (Å²) in [6, 6.07) is 0.366. The molecule has 1 aliphatic carbocycles. The summed E-state index contributed by atoms with van der Waals surface area (Å²) < 4.78 is 0. The largest absolute Gasteiger partial charge is 0.327 e. The fourth-order valence-electron chi connectivity index (χ4n) is 2.28. The molecule has 0 amide bonds. The Morgan fingerprint density at radius 3 is 2.38 bits per heavy atom. The molecule has 1 atom stereocenters. The first-order valence-electron chi connectivity index (χ1n) is 5.49. The fourth-order valence-corrected chi connectivity index (χ4v) is 2.28. The van der Waals surface area contributed by atoms with E-state index in [0.29, 0.717) is 6.04 Å². The van der Waals surface area contributed by atoms with Gasteiger partial charge in [0.25, 0.3) is 0 Å². The quantitative estimate of drug-likeness (QED) is 0.665. The first kappa shape index (κ1) is 10.8. The van der Waals surface area contributed by atoms with Crippen molar-refractivity contribution in [1.82, 2.24) is 0 Å². The van der Waals surface area contributed by atoms with Crippen LogP contribution in [0.15, 0.2) is 12.2 Å². The van der Waals surface area contributed by atoms with Gasteiger partial charge < -0.3 is 5.73 Å². The van der Waals surface area contributed by atoms with Crippen LogP contribution in [0.5, 0.6) is 0 Å². The van der Waals surface area contributed by atoms with Gasteiger partial charge in [0.2, 0.25) is 0 Å². The maximum Gasteiger partial charge on any atom is 0.0104 e. The van der Waals surface area contributed by atoms with E-state index < -0.39 is 0 Å². The van der Waals surface area contributed by atoms with Crippen LogP contribution in [-0.4, -0.2) is 6.04 Å². The molecule has 1 heteroatoms. The number of hydrogen-bond acceptors (Lipinski definition) is 1. The molecule has 0 saturated heterocycles. The van der Waals surface area contributed by atoms with Crippen LogP contribution >= 0.6 is 0 Å². The van der Waals surface area contributed by atoms with Crippen LogP contribution in [0.2, 0.25) is 0 Å². The maximum absolute atomic E-state index is 6.13. The highest BCUT2D eigenvalue weighted by Gasteiger charge is 2.23. The Balaban J connectivity index is 2.31. The number of rotatable bonds is 3. The summed E-state index contributed by atoms with van der Waals surface area (Å²) in [5, 5.41) is 0. The van der Waals surface area contributed by atoms with Gasteiger partial charge in [-0.25, -0.2) is 0 Å². The van der Waals surface area contributed by atoms with E-state index >= 15 is 0 Å².